The maximum Gasteiger partial charge on any atom is 0.237 e. The highest BCUT2D eigenvalue weighted by Gasteiger charge is 2.62. The summed E-state index contributed by atoms with van der Waals surface area (Å²) in [5, 5.41) is 20.3. The van der Waals surface area contributed by atoms with E-state index >= 15 is 0 Å². The van der Waals surface area contributed by atoms with Gasteiger partial charge >= 0.3 is 0 Å². The first-order valence-corrected chi connectivity index (χ1v) is 10.3. The Morgan fingerprint density at radius 2 is 1.91 bits per heavy atom. The molecule has 1 heterocycles. The number of nitriles is 1. The van der Waals surface area contributed by atoms with Gasteiger partial charge in [0.25, 0.3) is 0 Å². The van der Waals surface area contributed by atoms with E-state index in [1.807, 2.05) is 4.90 Å². The maximum atomic E-state index is 13.3. The molecule has 6 atom stereocenters. The highest BCUT2D eigenvalue weighted by molar-refractivity contribution is 14.1. The molecule has 23 heavy (non-hydrogen) atoms. The number of nitrogens with zero attached hydrogens (tertiary/aromatic N) is 2. The van der Waals surface area contributed by atoms with E-state index in [0.29, 0.717) is 23.8 Å². The van der Waals surface area contributed by atoms with Crippen molar-refractivity contribution in [2.45, 2.75) is 73.0 Å². The molecule has 1 aliphatic heterocycles. The number of halogens is 1. The number of carbonyl (C=O) groups excluding carboxylic acids is 1. The molecule has 1 N–H and O–H groups in total. The smallest absolute Gasteiger partial charge is 0.237 e. The largest absolute Gasteiger partial charge is 0.390 e. The molecule has 5 heteroatoms. The summed E-state index contributed by atoms with van der Waals surface area (Å²) < 4.78 is -0.0762. The molecule has 0 aromatic heterocycles. The zero-order valence-corrected chi connectivity index (χ0v) is 15.4. The number of hydrogen-bond donors (Lipinski definition) is 1. The van der Waals surface area contributed by atoms with E-state index < -0.39 is 5.60 Å². The van der Waals surface area contributed by atoms with Gasteiger partial charge in [-0.2, -0.15) is 5.26 Å². The lowest BCUT2D eigenvalue weighted by molar-refractivity contribution is -0.168. The molecule has 6 rings (SSSR count). The van der Waals surface area contributed by atoms with E-state index in [9.17, 15) is 15.2 Å². The number of rotatable bonds is 2. The molecular formula is C18H23IN2O2. The van der Waals surface area contributed by atoms with Crippen LogP contribution in [0.2, 0.25) is 0 Å². The molecule has 0 spiro atoms. The highest BCUT2D eigenvalue weighted by Crippen LogP contribution is 2.64. The molecule has 5 aliphatic carbocycles. The minimum absolute atomic E-state index is 0.0243. The molecule has 6 unspecified atom stereocenters. The Hall–Kier alpha value is -0.350. The SMILES string of the molecule is N#CC1CC2CC2N1C(=O)C(I)C12CC3CC(CC(O)(C3)C1)C2. The standard InChI is InChI=1S/C18H23IN2O2/c19-15(16(22)21-13(8-20)2-12-3-14(12)21)17-4-10-1-11(5-17)7-18(23,6-10)9-17/h10-15,23H,1-7,9H2. The molecule has 4 bridgehead atoms. The van der Waals surface area contributed by atoms with E-state index in [0.717, 1.165) is 44.9 Å². The molecule has 1 amide bonds. The third-order valence-electron chi connectivity index (χ3n) is 7.34. The first-order valence-electron chi connectivity index (χ1n) is 9.01. The molecule has 4 nitrogen and oxygen atoms in total. The van der Waals surface area contributed by atoms with E-state index in [1.54, 1.807) is 0 Å². The van der Waals surface area contributed by atoms with Crippen LogP contribution in [0.4, 0.5) is 0 Å². The second kappa shape index (κ2) is 4.63. The predicted molar refractivity (Wildman–Crippen MR) is 92.6 cm³/mol. The molecule has 5 saturated carbocycles. The predicted octanol–water partition coefficient (Wildman–Crippen LogP) is 2.63. The number of aliphatic hydroxyl groups is 1. The van der Waals surface area contributed by atoms with Crippen molar-refractivity contribution in [3.05, 3.63) is 0 Å². The summed E-state index contributed by atoms with van der Waals surface area (Å²) in [6.07, 6.45) is 8.10. The Kier molecular flexibility index (Phi) is 3.01. The van der Waals surface area contributed by atoms with Gasteiger partial charge in [-0.1, -0.05) is 22.6 Å². The van der Waals surface area contributed by atoms with Crippen LogP contribution in [0.5, 0.6) is 0 Å². The van der Waals surface area contributed by atoms with Crippen molar-refractivity contribution in [2.75, 3.05) is 0 Å². The van der Waals surface area contributed by atoms with Gasteiger partial charge < -0.3 is 10.0 Å². The van der Waals surface area contributed by atoms with Crippen LogP contribution in [0.15, 0.2) is 0 Å². The Balaban J connectivity index is 1.43. The minimum atomic E-state index is -0.518. The van der Waals surface area contributed by atoms with Crippen LogP contribution in [0.1, 0.15) is 51.4 Å². The van der Waals surface area contributed by atoms with Crippen molar-refractivity contribution in [2.24, 2.45) is 23.2 Å². The number of piperidine rings is 1. The van der Waals surface area contributed by atoms with Gasteiger partial charge in [-0.15, -0.1) is 0 Å². The van der Waals surface area contributed by atoms with Crippen molar-refractivity contribution < 1.29 is 9.90 Å². The van der Waals surface area contributed by atoms with Crippen molar-refractivity contribution >= 4 is 28.5 Å². The van der Waals surface area contributed by atoms with Gasteiger partial charge in [-0.3, -0.25) is 4.79 Å². The molecule has 6 fully saturated rings. The summed E-state index contributed by atoms with van der Waals surface area (Å²) in [6, 6.07) is 2.47. The van der Waals surface area contributed by atoms with Crippen molar-refractivity contribution in [1.82, 2.24) is 4.90 Å². The average molecular weight is 426 g/mol. The molecule has 0 aromatic rings. The molecule has 124 valence electrons. The molecule has 1 saturated heterocycles. The number of fused-ring (bicyclic) bond motifs is 1. The van der Waals surface area contributed by atoms with E-state index in [1.165, 1.54) is 6.42 Å². The molecule has 0 aromatic carbocycles. The third kappa shape index (κ3) is 2.06. The van der Waals surface area contributed by atoms with Gasteiger partial charge in [-0.25, -0.2) is 0 Å². The fourth-order valence-corrected chi connectivity index (χ4v) is 7.91. The maximum absolute atomic E-state index is 13.3. The van der Waals surface area contributed by atoms with Crippen molar-refractivity contribution in [1.29, 1.82) is 5.26 Å². The summed E-state index contributed by atoms with van der Waals surface area (Å²) in [5.74, 6) is 1.97. The monoisotopic (exact) mass is 426 g/mol. The zero-order chi connectivity index (χ0) is 16.0. The van der Waals surface area contributed by atoms with Gasteiger partial charge in [0.1, 0.15) is 6.04 Å². The first-order chi connectivity index (χ1) is 10.9. The molecular weight excluding hydrogens is 403 g/mol. The number of alkyl halides is 1. The lowest BCUT2D eigenvalue weighted by Crippen LogP contribution is -2.61. The fraction of sp³-hybridized carbons (Fsp3) is 0.889. The van der Waals surface area contributed by atoms with Crippen LogP contribution >= 0.6 is 22.6 Å². The fourth-order valence-electron chi connectivity index (χ4n) is 6.86. The zero-order valence-electron chi connectivity index (χ0n) is 13.2. The Morgan fingerprint density at radius 1 is 1.22 bits per heavy atom. The van der Waals surface area contributed by atoms with Crippen LogP contribution in [0, 0.1) is 34.5 Å². The van der Waals surface area contributed by atoms with Gasteiger partial charge in [0, 0.05) is 6.04 Å². The highest BCUT2D eigenvalue weighted by atomic mass is 127. The summed E-state index contributed by atoms with van der Waals surface area (Å²) in [7, 11) is 0. The normalized spacial score (nSPS) is 53.8. The third-order valence-corrected chi connectivity index (χ3v) is 9.19. The van der Waals surface area contributed by atoms with E-state index in [-0.39, 0.29) is 21.3 Å². The van der Waals surface area contributed by atoms with Crippen LogP contribution in [-0.4, -0.2) is 37.5 Å². The van der Waals surface area contributed by atoms with E-state index in [4.69, 9.17) is 0 Å². The number of likely N-dealkylation sites (tertiary alicyclic amines) is 1. The Labute approximate surface area is 150 Å². The van der Waals surface area contributed by atoms with Crippen LogP contribution in [-0.2, 0) is 4.79 Å². The van der Waals surface area contributed by atoms with Crippen molar-refractivity contribution in [3.8, 4) is 6.07 Å². The minimum Gasteiger partial charge on any atom is -0.390 e. The summed E-state index contributed by atoms with van der Waals surface area (Å²) in [4.78, 5) is 15.2. The number of carbonyl (C=O) groups is 1. The Morgan fingerprint density at radius 3 is 2.52 bits per heavy atom. The summed E-state index contributed by atoms with van der Waals surface area (Å²) in [5.41, 5.74) is -0.543. The lowest BCUT2D eigenvalue weighted by atomic mass is 9.47. The van der Waals surface area contributed by atoms with Crippen LogP contribution in [0.25, 0.3) is 0 Å². The van der Waals surface area contributed by atoms with Crippen molar-refractivity contribution in [3.63, 3.8) is 0 Å². The lowest BCUT2D eigenvalue weighted by Gasteiger charge is -2.61. The molecule has 6 aliphatic rings. The van der Waals surface area contributed by atoms with Crippen LogP contribution < -0.4 is 0 Å². The number of amides is 1. The summed E-state index contributed by atoms with van der Waals surface area (Å²) >= 11 is 2.35. The number of hydrogen-bond acceptors (Lipinski definition) is 3. The molecule has 0 radical (unpaired) electrons. The van der Waals surface area contributed by atoms with Gasteiger partial charge in [0.2, 0.25) is 5.91 Å². The first kappa shape index (κ1) is 14.9. The van der Waals surface area contributed by atoms with Gasteiger partial charge in [0.15, 0.2) is 0 Å². The average Bonchev–Trinajstić information content (AvgIpc) is 3.14. The second-order valence-corrected chi connectivity index (χ2v) is 10.3. The van der Waals surface area contributed by atoms with Gasteiger partial charge in [-0.05, 0) is 74.5 Å². The van der Waals surface area contributed by atoms with Crippen LogP contribution in [0.3, 0.4) is 0 Å². The quantitative estimate of drug-likeness (QED) is 0.546. The van der Waals surface area contributed by atoms with E-state index in [2.05, 4.69) is 28.7 Å². The Bertz CT molecular complexity index is 601. The topological polar surface area (TPSA) is 64.3 Å². The second-order valence-electron chi connectivity index (χ2n) is 9.10. The van der Waals surface area contributed by atoms with Gasteiger partial charge in [0.05, 0.1) is 15.6 Å². The summed E-state index contributed by atoms with van der Waals surface area (Å²) in [6.45, 7) is 0.